The average molecular weight is 344 g/mol. The van der Waals surface area contributed by atoms with E-state index >= 15 is 0 Å². The van der Waals surface area contributed by atoms with E-state index in [-0.39, 0.29) is 0 Å². The molecule has 0 fully saturated rings. The quantitative estimate of drug-likeness (QED) is 0.805. The van der Waals surface area contributed by atoms with Gasteiger partial charge in [0, 0.05) is 29.3 Å². The number of rotatable bonds is 6. The summed E-state index contributed by atoms with van der Waals surface area (Å²) < 4.78 is 1.72. The lowest BCUT2D eigenvalue weighted by atomic mass is 10.1. The number of nitrogens with one attached hydrogen (secondary N) is 1. The lowest BCUT2D eigenvalue weighted by molar-refractivity contribution is 0.615. The third-order valence-corrected chi connectivity index (χ3v) is 5.56. The van der Waals surface area contributed by atoms with Gasteiger partial charge < -0.3 is 5.32 Å². The van der Waals surface area contributed by atoms with Crippen molar-refractivity contribution in [1.82, 2.24) is 15.1 Å². The summed E-state index contributed by atoms with van der Waals surface area (Å²) in [5.74, 6) is 0.922. The SMILES string of the molecule is CNC(CSc1ccccc1Cl)Cc1c(C)nn(C)c1Cl. The molecule has 1 aromatic heterocycles. The molecule has 0 radical (unpaired) electrons. The normalized spacial score (nSPS) is 12.6. The molecule has 0 bridgehead atoms. The fourth-order valence-electron chi connectivity index (χ4n) is 2.15. The number of benzene rings is 1. The Balaban J connectivity index is 2.02. The van der Waals surface area contributed by atoms with Crippen molar-refractivity contribution in [3.05, 3.63) is 45.7 Å². The van der Waals surface area contributed by atoms with Crippen LogP contribution in [0.2, 0.25) is 10.2 Å². The number of halogens is 2. The minimum atomic E-state index is 0.312. The topological polar surface area (TPSA) is 29.9 Å². The molecule has 0 spiro atoms. The van der Waals surface area contributed by atoms with E-state index in [4.69, 9.17) is 23.2 Å². The molecular formula is C15H19Cl2N3S. The average Bonchev–Trinajstić information content (AvgIpc) is 2.70. The smallest absolute Gasteiger partial charge is 0.130 e. The molecule has 0 aliphatic carbocycles. The van der Waals surface area contributed by atoms with E-state index < -0.39 is 0 Å². The molecule has 1 N–H and O–H groups in total. The van der Waals surface area contributed by atoms with E-state index in [0.717, 1.165) is 38.5 Å². The van der Waals surface area contributed by atoms with Crippen molar-refractivity contribution < 1.29 is 0 Å². The van der Waals surface area contributed by atoms with E-state index in [9.17, 15) is 0 Å². The standard InChI is InChI=1S/C15H19Cl2N3S/c1-10-12(15(17)20(3)19-10)8-11(18-2)9-21-14-7-5-4-6-13(14)16/h4-7,11,18H,8-9H2,1-3H3. The van der Waals surface area contributed by atoms with Crippen LogP contribution in [0.1, 0.15) is 11.3 Å². The number of nitrogens with zero attached hydrogens (tertiary/aromatic N) is 2. The van der Waals surface area contributed by atoms with Gasteiger partial charge >= 0.3 is 0 Å². The first-order valence-electron chi connectivity index (χ1n) is 6.75. The molecule has 0 aliphatic heterocycles. The van der Waals surface area contributed by atoms with Crippen LogP contribution in [-0.4, -0.2) is 28.6 Å². The summed E-state index contributed by atoms with van der Waals surface area (Å²) in [6.45, 7) is 2.00. The van der Waals surface area contributed by atoms with Crippen LogP contribution in [0.15, 0.2) is 29.2 Å². The summed E-state index contributed by atoms with van der Waals surface area (Å²) >= 11 is 14.2. The number of thioether (sulfide) groups is 1. The number of likely N-dealkylation sites (N-methyl/N-ethyl adjacent to an activating group) is 1. The molecule has 2 aromatic rings. The maximum absolute atomic E-state index is 6.30. The van der Waals surface area contributed by atoms with Crippen molar-refractivity contribution in [3.8, 4) is 0 Å². The first-order chi connectivity index (χ1) is 10.0. The van der Waals surface area contributed by atoms with Gasteiger partial charge in [0.15, 0.2) is 0 Å². The molecule has 1 aromatic carbocycles. The summed E-state index contributed by atoms with van der Waals surface area (Å²) in [5.41, 5.74) is 2.10. The van der Waals surface area contributed by atoms with Gasteiger partial charge in [-0.1, -0.05) is 35.3 Å². The van der Waals surface area contributed by atoms with Gasteiger partial charge in [-0.05, 0) is 32.5 Å². The Morgan fingerprint density at radius 3 is 2.62 bits per heavy atom. The zero-order chi connectivity index (χ0) is 15.4. The van der Waals surface area contributed by atoms with Crippen LogP contribution in [0.5, 0.6) is 0 Å². The third kappa shape index (κ3) is 4.16. The molecule has 6 heteroatoms. The van der Waals surface area contributed by atoms with E-state index in [1.807, 2.05) is 45.3 Å². The van der Waals surface area contributed by atoms with Gasteiger partial charge in [0.1, 0.15) is 5.15 Å². The fourth-order valence-corrected chi connectivity index (χ4v) is 3.75. The minimum absolute atomic E-state index is 0.312. The monoisotopic (exact) mass is 343 g/mol. The van der Waals surface area contributed by atoms with Crippen molar-refractivity contribution in [2.45, 2.75) is 24.3 Å². The second kappa shape index (κ2) is 7.54. The summed E-state index contributed by atoms with van der Waals surface area (Å²) in [5, 5.41) is 9.22. The lowest BCUT2D eigenvalue weighted by Crippen LogP contribution is -2.30. The molecule has 1 unspecified atom stereocenters. The fraction of sp³-hybridized carbons (Fsp3) is 0.400. The van der Waals surface area contributed by atoms with Crippen LogP contribution >= 0.6 is 35.0 Å². The molecule has 0 aliphatic rings. The van der Waals surface area contributed by atoms with Crippen LogP contribution in [-0.2, 0) is 13.5 Å². The lowest BCUT2D eigenvalue weighted by Gasteiger charge is -2.16. The second-order valence-corrected chi connectivity index (χ2v) is 6.74. The molecule has 0 saturated heterocycles. The van der Waals surface area contributed by atoms with Gasteiger partial charge in [-0.2, -0.15) is 5.10 Å². The number of aromatic nitrogens is 2. The van der Waals surface area contributed by atoms with E-state index in [1.54, 1.807) is 16.4 Å². The van der Waals surface area contributed by atoms with Crippen LogP contribution < -0.4 is 5.32 Å². The minimum Gasteiger partial charge on any atom is -0.316 e. The first kappa shape index (κ1) is 16.7. The highest BCUT2D eigenvalue weighted by Crippen LogP contribution is 2.28. The Labute approximate surface area is 140 Å². The highest BCUT2D eigenvalue weighted by molar-refractivity contribution is 7.99. The Morgan fingerprint density at radius 2 is 2.05 bits per heavy atom. The molecule has 1 heterocycles. The Hall–Kier alpha value is -0.680. The van der Waals surface area contributed by atoms with Crippen molar-refractivity contribution >= 4 is 35.0 Å². The van der Waals surface area contributed by atoms with E-state index in [2.05, 4.69) is 10.4 Å². The Kier molecular flexibility index (Phi) is 5.99. The maximum Gasteiger partial charge on any atom is 0.130 e. The molecule has 3 nitrogen and oxygen atoms in total. The first-order valence-corrected chi connectivity index (χ1v) is 8.49. The predicted molar refractivity (Wildman–Crippen MR) is 91.7 cm³/mol. The number of hydrogen-bond donors (Lipinski definition) is 1. The predicted octanol–water partition coefficient (Wildman–Crippen LogP) is 3.96. The molecule has 114 valence electrons. The molecule has 0 saturated carbocycles. The highest BCUT2D eigenvalue weighted by Gasteiger charge is 2.16. The highest BCUT2D eigenvalue weighted by atomic mass is 35.5. The zero-order valence-electron chi connectivity index (χ0n) is 12.4. The summed E-state index contributed by atoms with van der Waals surface area (Å²) in [4.78, 5) is 1.11. The van der Waals surface area contributed by atoms with Crippen LogP contribution in [0.4, 0.5) is 0 Å². The van der Waals surface area contributed by atoms with Crippen LogP contribution in [0, 0.1) is 6.92 Å². The number of hydrogen-bond acceptors (Lipinski definition) is 3. The van der Waals surface area contributed by atoms with E-state index in [0.29, 0.717) is 6.04 Å². The van der Waals surface area contributed by atoms with Crippen molar-refractivity contribution in [2.24, 2.45) is 7.05 Å². The van der Waals surface area contributed by atoms with Crippen LogP contribution in [0.25, 0.3) is 0 Å². The summed E-state index contributed by atoms with van der Waals surface area (Å²) in [6, 6.07) is 8.22. The largest absolute Gasteiger partial charge is 0.316 e. The zero-order valence-corrected chi connectivity index (χ0v) is 14.7. The number of aryl methyl sites for hydroxylation is 2. The van der Waals surface area contributed by atoms with E-state index in [1.165, 1.54) is 0 Å². The van der Waals surface area contributed by atoms with Crippen molar-refractivity contribution in [1.29, 1.82) is 0 Å². The second-order valence-electron chi connectivity index (χ2n) is 4.91. The van der Waals surface area contributed by atoms with Crippen molar-refractivity contribution in [2.75, 3.05) is 12.8 Å². The van der Waals surface area contributed by atoms with Crippen molar-refractivity contribution in [3.63, 3.8) is 0 Å². The maximum atomic E-state index is 6.30. The van der Waals surface area contributed by atoms with Gasteiger partial charge in [-0.25, -0.2) is 0 Å². The summed E-state index contributed by atoms with van der Waals surface area (Å²) in [7, 11) is 3.84. The Bertz CT molecular complexity index is 613. The van der Waals surface area contributed by atoms with Gasteiger partial charge in [-0.15, -0.1) is 11.8 Å². The van der Waals surface area contributed by atoms with Crippen LogP contribution in [0.3, 0.4) is 0 Å². The Morgan fingerprint density at radius 1 is 1.33 bits per heavy atom. The summed E-state index contributed by atoms with van der Waals surface area (Å²) in [6.07, 6.45) is 0.854. The molecule has 0 amide bonds. The van der Waals surface area contributed by atoms with Gasteiger partial charge in [-0.3, -0.25) is 4.68 Å². The van der Waals surface area contributed by atoms with Gasteiger partial charge in [0.25, 0.3) is 0 Å². The molecule has 21 heavy (non-hydrogen) atoms. The molecule has 2 rings (SSSR count). The van der Waals surface area contributed by atoms with Gasteiger partial charge in [0.05, 0.1) is 10.7 Å². The van der Waals surface area contributed by atoms with Gasteiger partial charge in [0.2, 0.25) is 0 Å². The molecule has 1 atom stereocenters. The molecular weight excluding hydrogens is 325 g/mol. The third-order valence-electron chi connectivity index (χ3n) is 3.41.